The highest BCUT2D eigenvalue weighted by Gasteiger charge is 2.26. The molecule has 1 atom stereocenters. The number of hydrogen-bond donors (Lipinski definition) is 1. The van der Waals surface area contributed by atoms with Gasteiger partial charge in [-0.15, -0.1) is 0 Å². The lowest BCUT2D eigenvalue weighted by Crippen LogP contribution is -2.40. The van der Waals surface area contributed by atoms with Gasteiger partial charge in [0, 0.05) is 35.8 Å². The number of amides is 1. The number of carbonyl (C=O) groups is 2. The largest absolute Gasteiger partial charge is 0.463 e. The predicted octanol–water partition coefficient (Wildman–Crippen LogP) is 3.36. The summed E-state index contributed by atoms with van der Waals surface area (Å²) in [6.45, 7) is 5.08. The second-order valence-corrected chi connectivity index (χ2v) is 6.78. The molecule has 1 amide bonds. The van der Waals surface area contributed by atoms with Crippen LogP contribution in [0.3, 0.4) is 0 Å². The lowest BCUT2D eigenvalue weighted by molar-refractivity contribution is -0.148. The zero-order valence-corrected chi connectivity index (χ0v) is 14.2. The normalized spacial score (nSPS) is 18.1. The Morgan fingerprint density at radius 2 is 2.17 bits per heavy atom. The molecule has 1 aliphatic heterocycles. The average Bonchev–Trinajstić information content (AvgIpc) is 3.01. The summed E-state index contributed by atoms with van der Waals surface area (Å²) in [5.74, 6) is 0.0583. The van der Waals surface area contributed by atoms with Crippen molar-refractivity contribution in [2.75, 3.05) is 13.1 Å². The van der Waals surface area contributed by atoms with E-state index in [0.717, 1.165) is 30.3 Å². The molecule has 2 aromatic rings. The van der Waals surface area contributed by atoms with Crippen LogP contribution in [0.15, 0.2) is 30.5 Å². The molecule has 0 saturated carbocycles. The van der Waals surface area contributed by atoms with E-state index in [-0.39, 0.29) is 23.9 Å². The number of carbonyl (C=O) groups excluding carboxylic acids is 2. The van der Waals surface area contributed by atoms with Gasteiger partial charge < -0.3 is 14.6 Å². The summed E-state index contributed by atoms with van der Waals surface area (Å²) in [5.41, 5.74) is 1.73. The summed E-state index contributed by atoms with van der Waals surface area (Å²) in [6, 6.07) is 7.68. The molecular weight excluding hydrogens is 304 g/mol. The van der Waals surface area contributed by atoms with Crippen LogP contribution in [0.1, 0.15) is 43.5 Å². The molecule has 1 fully saturated rings. The Morgan fingerprint density at radius 3 is 2.96 bits per heavy atom. The maximum atomic E-state index is 12.8. The molecule has 0 aliphatic carbocycles. The Balaban J connectivity index is 1.65. The van der Waals surface area contributed by atoms with Crippen molar-refractivity contribution < 1.29 is 14.3 Å². The second-order valence-electron chi connectivity index (χ2n) is 6.78. The van der Waals surface area contributed by atoms with Crippen molar-refractivity contribution in [2.24, 2.45) is 5.92 Å². The van der Waals surface area contributed by atoms with Crippen LogP contribution in [0, 0.1) is 5.92 Å². The maximum Gasteiger partial charge on any atom is 0.306 e. The first-order valence-corrected chi connectivity index (χ1v) is 8.59. The molecule has 0 bridgehead atoms. The van der Waals surface area contributed by atoms with Crippen LogP contribution >= 0.6 is 0 Å². The van der Waals surface area contributed by atoms with E-state index >= 15 is 0 Å². The molecule has 5 nitrogen and oxygen atoms in total. The minimum Gasteiger partial charge on any atom is -0.463 e. The van der Waals surface area contributed by atoms with Gasteiger partial charge in [-0.05, 0) is 56.9 Å². The highest BCUT2D eigenvalue weighted by Crippen LogP contribution is 2.23. The Hall–Kier alpha value is -2.30. The van der Waals surface area contributed by atoms with Gasteiger partial charge in [0.2, 0.25) is 0 Å². The summed E-state index contributed by atoms with van der Waals surface area (Å²) in [6.07, 6.45) is 4.06. The molecule has 128 valence electrons. The summed E-state index contributed by atoms with van der Waals surface area (Å²) >= 11 is 0. The van der Waals surface area contributed by atoms with E-state index in [0.29, 0.717) is 18.5 Å². The molecule has 1 aromatic heterocycles. The van der Waals surface area contributed by atoms with E-state index < -0.39 is 0 Å². The molecule has 1 saturated heterocycles. The van der Waals surface area contributed by atoms with Crippen molar-refractivity contribution in [3.05, 3.63) is 36.0 Å². The predicted molar refractivity (Wildman–Crippen MR) is 92.8 cm³/mol. The van der Waals surface area contributed by atoms with Crippen LogP contribution in [0.4, 0.5) is 0 Å². The highest BCUT2D eigenvalue weighted by molar-refractivity contribution is 5.98. The Morgan fingerprint density at radius 1 is 1.33 bits per heavy atom. The van der Waals surface area contributed by atoms with Gasteiger partial charge in [0.25, 0.3) is 5.91 Å². The number of esters is 1. The van der Waals surface area contributed by atoms with Gasteiger partial charge in [0.15, 0.2) is 0 Å². The van der Waals surface area contributed by atoms with Crippen LogP contribution in [-0.2, 0) is 9.53 Å². The number of benzene rings is 1. The Bertz CT molecular complexity index is 735. The minimum atomic E-state index is -0.168. The second kappa shape index (κ2) is 7.07. The van der Waals surface area contributed by atoms with E-state index in [1.54, 1.807) is 0 Å². The fraction of sp³-hybridized carbons (Fsp3) is 0.474. The zero-order chi connectivity index (χ0) is 17.1. The fourth-order valence-corrected chi connectivity index (χ4v) is 3.33. The van der Waals surface area contributed by atoms with Crippen LogP contribution in [-0.4, -0.2) is 41.0 Å². The molecule has 3 rings (SSSR count). The number of rotatable bonds is 4. The summed E-state index contributed by atoms with van der Waals surface area (Å²) in [7, 11) is 0. The third-order valence-electron chi connectivity index (χ3n) is 4.43. The fourth-order valence-electron chi connectivity index (χ4n) is 3.33. The van der Waals surface area contributed by atoms with Crippen LogP contribution in [0.5, 0.6) is 0 Å². The maximum absolute atomic E-state index is 12.8. The molecule has 0 spiro atoms. The molecule has 24 heavy (non-hydrogen) atoms. The van der Waals surface area contributed by atoms with Crippen molar-refractivity contribution in [1.82, 2.24) is 9.88 Å². The van der Waals surface area contributed by atoms with E-state index in [2.05, 4.69) is 4.98 Å². The quantitative estimate of drug-likeness (QED) is 0.875. The molecule has 1 aliphatic rings. The van der Waals surface area contributed by atoms with Crippen LogP contribution in [0.25, 0.3) is 10.9 Å². The number of hydrogen-bond acceptors (Lipinski definition) is 3. The molecular formula is C19H24N2O3. The number of nitrogens with one attached hydrogen (secondary N) is 1. The van der Waals surface area contributed by atoms with Gasteiger partial charge in [-0.1, -0.05) is 0 Å². The third kappa shape index (κ3) is 3.78. The molecule has 0 radical (unpaired) electrons. The lowest BCUT2D eigenvalue weighted by atomic mass is 9.94. The van der Waals surface area contributed by atoms with Crippen molar-refractivity contribution in [3.63, 3.8) is 0 Å². The zero-order valence-electron chi connectivity index (χ0n) is 14.2. The smallest absolute Gasteiger partial charge is 0.306 e. The van der Waals surface area contributed by atoms with E-state index in [4.69, 9.17) is 4.74 Å². The standard InChI is InChI=1S/C19H24N2O3/c1-13(2)24-18(22)10-14-4-3-9-21(12-14)19(23)16-5-6-17-15(11-16)7-8-20-17/h5-8,11,13-14,20H,3-4,9-10,12H2,1-2H3/t14-/m0/s1. The molecule has 1 aromatic carbocycles. The van der Waals surface area contributed by atoms with Gasteiger partial charge in [-0.3, -0.25) is 9.59 Å². The summed E-state index contributed by atoms with van der Waals surface area (Å²) in [5, 5.41) is 1.04. The number of nitrogens with zero attached hydrogens (tertiary/aromatic N) is 1. The van der Waals surface area contributed by atoms with E-state index in [1.165, 1.54) is 0 Å². The summed E-state index contributed by atoms with van der Waals surface area (Å²) in [4.78, 5) is 29.6. The SMILES string of the molecule is CC(C)OC(=O)C[C@@H]1CCCN(C(=O)c2ccc3[nH]ccc3c2)C1. The van der Waals surface area contributed by atoms with Crippen molar-refractivity contribution in [1.29, 1.82) is 0 Å². The molecule has 2 heterocycles. The van der Waals surface area contributed by atoms with Gasteiger partial charge >= 0.3 is 5.97 Å². The first-order chi connectivity index (χ1) is 11.5. The first kappa shape index (κ1) is 16.6. The van der Waals surface area contributed by atoms with Crippen molar-refractivity contribution in [2.45, 2.75) is 39.2 Å². The number of ether oxygens (including phenoxy) is 1. The minimum absolute atomic E-state index is 0.0417. The third-order valence-corrected chi connectivity index (χ3v) is 4.43. The lowest BCUT2D eigenvalue weighted by Gasteiger charge is -2.32. The molecule has 1 N–H and O–H groups in total. The number of aromatic nitrogens is 1. The number of H-pyrrole nitrogens is 1. The molecule has 0 unspecified atom stereocenters. The topological polar surface area (TPSA) is 62.4 Å². The van der Waals surface area contributed by atoms with Crippen molar-refractivity contribution >= 4 is 22.8 Å². The summed E-state index contributed by atoms with van der Waals surface area (Å²) < 4.78 is 5.23. The average molecular weight is 328 g/mol. The number of piperidine rings is 1. The van der Waals surface area contributed by atoms with Crippen LogP contribution in [0.2, 0.25) is 0 Å². The Labute approximate surface area is 142 Å². The van der Waals surface area contributed by atoms with Gasteiger partial charge in [-0.2, -0.15) is 0 Å². The van der Waals surface area contributed by atoms with Crippen LogP contribution < -0.4 is 0 Å². The van der Waals surface area contributed by atoms with Gasteiger partial charge in [0.05, 0.1) is 12.5 Å². The first-order valence-electron chi connectivity index (χ1n) is 8.59. The van der Waals surface area contributed by atoms with E-state index in [1.807, 2.05) is 49.2 Å². The van der Waals surface area contributed by atoms with E-state index in [9.17, 15) is 9.59 Å². The Kier molecular flexibility index (Phi) is 4.88. The van der Waals surface area contributed by atoms with Crippen molar-refractivity contribution in [3.8, 4) is 0 Å². The van der Waals surface area contributed by atoms with Gasteiger partial charge in [0.1, 0.15) is 0 Å². The number of aromatic amines is 1. The number of fused-ring (bicyclic) bond motifs is 1. The highest BCUT2D eigenvalue weighted by atomic mass is 16.5. The molecule has 5 heteroatoms. The number of likely N-dealkylation sites (tertiary alicyclic amines) is 1. The monoisotopic (exact) mass is 328 g/mol. The van der Waals surface area contributed by atoms with Gasteiger partial charge in [-0.25, -0.2) is 0 Å².